The smallest absolute Gasteiger partial charge is 0.128 e. The molecule has 0 saturated carbocycles. The zero-order valence-electron chi connectivity index (χ0n) is 13.8. The van der Waals surface area contributed by atoms with Crippen LogP contribution in [-0.4, -0.2) is 11.6 Å². The lowest BCUT2D eigenvalue weighted by Gasteiger charge is -2.12. The van der Waals surface area contributed by atoms with Crippen molar-refractivity contribution in [2.75, 3.05) is 6.61 Å². The van der Waals surface area contributed by atoms with Crippen LogP contribution in [0, 0.1) is 6.92 Å². The summed E-state index contributed by atoms with van der Waals surface area (Å²) in [6.45, 7) is 5.13. The molecule has 2 rings (SSSR count). The van der Waals surface area contributed by atoms with Gasteiger partial charge in [-0.15, -0.1) is 0 Å². The van der Waals surface area contributed by atoms with Crippen LogP contribution in [0.4, 0.5) is 0 Å². The molecule has 0 bridgehead atoms. The van der Waals surface area contributed by atoms with Gasteiger partial charge < -0.3 is 4.74 Å². The number of nitrogens with zero attached hydrogens (tertiary/aromatic N) is 1. The lowest BCUT2D eigenvalue weighted by atomic mass is 10.1. The molecule has 0 aliphatic heterocycles. The van der Waals surface area contributed by atoms with E-state index in [1.165, 1.54) is 37.7 Å². The van der Waals surface area contributed by atoms with Crippen molar-refractivity contribution in [3.05, 3.63) is 48.2 Å². The van der Waals surface area contributed by atoms with Crippen LogP contribution in [0.15, 0.2) is 42.6 Å². The molecule has 2 nitrogen and oxygen atoms in total. The van der Waals surface area contributed by atoms with E-state index in [4.69, 9.17) is 4.74 Å². The van der Waals surface area contributed by atoms with Crippen molar-refractivity contribution < 1.29 is 4.74 Å². The number of unbranched alkanes of at least 4 members (excludes halogenated alkanes) is 5. The van der Waals surface area contributed by atoms with Crippen LogP contribution in [0.25, 0.3) is 11.3 Å². The third-order valence-electron chi connectivity index (χ3n) is 3.91. The number of hydrogen-bond donors (Lipinski definition) is 0. The van der Waals surface area contributed by atoms with Gasteiger partial charge in [-0.3, -0.25) is 4.98 Å². The van der Waals surface area contributed by atoms with Crippen LogP contribution in [0.5, 0.6) is 5.75 Å². The van der Waals surface area contributed by atoms with Gasteiger partial charge in [0, 0.05) is 11.8 Å². The van der Waals surface area contributed by atoms with Crippen molar-refractivity contribution in [2.45, 2.75) is 52.4 Å². The molecule has 0 aliphatic rings. The second kappa shape index (κ2) is 9.24. The molecule has 2 heteroatoms. The van der Waals surface area contributed by atoms with Gasteiger partial charge in [0.1, 0.15) is 5.75 Å². The van der Waals surface area contributed by atoms with Crippen LogP contribution in [0.3, 0.4) is 0 Å². The van der Waals surface area contributed by atoms with E-state index in [2.05, 4.69) is 31.0 Å². The van der Waals surface area contributed by atoms with Gasteiger partial charge in [-0.05, 0) is 37.1 Å². The first kappa shape index (κ1) is 16.5. The number of benzene rings is 1. The van der Waals surface area contributed by atoms with Gasteiger partial charge in [0.15, 0.2) is 0 Å². The molecule has 1 heterocycles. The fourth-order valence-electron chi connectivity index (χ4n) is 2.62. The average Bonchev–Trinajstić information content (AvgIpc) is 2.55. The standard InChI is InChI=1S/C20H27NO/c1-3-4-5-6-7-10-16-22-19-14-9-8-13-18(19)20-17(2)12-11-15-21-20/h8-9,11-15H,3-7,10,16H2,1-2H3. The zero-order chi connectivity index (χ0) is 15.6. The van der Waals surface area contributed by atoms with Crippen molar-refractivity contribution in [2.24, 2.45) is 0 Å². The molecular formula is C20H27NO. The molecule has 118 valence electrons. The summed E-state index contributed by atoms with van der Waals surface area (Å²) in [5.74, 6) is 0.942. The van der Waals surface area contributed by atoms with Crippen LogP contribution >= 0.6 is 0 Å². The van der Waals surface area contributed by atoms with Crippen molar-refractivity contribution in [3.63, 3.8) is 0 Å². The molecule has 1 aromatic carbocycles. The Hall–Kier alpha value is -1.83. The maximum absolute atomic E-state index is 6.01. The lowest BCUT2D eigenvalue weighted by Crippen LogP contribution is -2.00. The first-order chi connectivity index (χ1) is 10.8. The minimum atomic E-state index is 0.787. The second-order valence-electron chi connectivity index (χ2n) is 5.78. The Kier molecular flexibility index (Phi) is 6.95. The third-order valence-corrected chi connectivity index (χ3v) is 3.91. The highest BCUT2D eigenvalue weighted by Gasteiger charge is 2.09. The molecule has 2 aromatic rings. The van der Waals surface area contributed by atoms with Gasteiger partial charge in [-0.2, -0.15) is 0 Å². The van der Waals surface area contributed by atoms with Gasteiger partial charge in [-0.1, -0.05) is 57.2 Å². The quantitative estimate of drug-likeness (QED) is 0.546. The fraction of sp³-hybridized carbons (Fsp3) is 0.450. The molecular weight excluding hydrogens is 270 g/mol. The second-order valence-corrected chi connectivity index (χ2v) is 5.78. The molecule has 0 atom stereocenters. The first-order valence-corrected chi connectivity index (χ1v) is 8.46. The number of aryl methyl sites for hydroxylation is 1. The first-order valence-electron chi connectivity index (χ1n) is 8.46. The van der Waals surface area contributed by atoms with E-state index in [0.29, 0.717) is 0 Å². The zero-order valence-corrected chi connectivity index (χ0v) is 13.8. The van der Waals surface area contributed by atoms with Crippen LogP contribution < -0.4 is 4.74 Å². The summed E-state index contributed by atoms with van der Waals surface area (Å²) in [6, 6.07) is 12.3. The summed E-state index contributed by atoms with van der Waals surface area (Å²) in [5, 5.41) is 0. The molecule has 0 saturated heterocycles. The highest BCUT2D eigenvalue weighted by Crippen LogP contribution is 2.30. The lowest BCUT2D eigenvalue weighted by molar-refractivity contribution is 0.305. The van der Waals surface area contributed by atoms with E-state index in [1.807, 2.05) is 30.5 Å². The molecule has 22 heavy (non-hydrogen) atoms. The molecule has 1 aromatic heterocycles. The van der Waals surface area contributed by atoms with Gasteiger partial charge in [0.25, 0.3) is 0 Å². The van der Waals surface area contributed by atoms with Gasteiger partial charge in [0.05, 0.1) is 12.3 Å². The predicted octanol–water partition coefficient (Wildman–Crippen LogP) is 5.80. The van der Waals surface area contributed by atoms with E-state index in [-0.39, 0.29) is 0 Å². The van der Waals surface area contributed by atoms with Gasteiger partial charge >= 0.3 is 0 Å². The average molecular weight is 297 g/mol. The molecule has 0 spiro atoms. The maximum atomic E-state index is 6.01. The van der Waals surface area contributed by atoms with Crippen molar-refractivity contribution in [1.82, 2.24) is 4.98 Å². The summed E-state index contributed by atoms with van der Waals surface area (Å²) in [4.78, 5) is 4.51. The van der Waals surface area contributed by atoms with Gasteiger partial charge in [0.2, 0.25) is 0 Å². The highest BCUT2D eigenvalue weighted by molar-refractivity contribution is 5.69. The number of para-hydroxylation sites is 1. The predicted molar refractivity (Wildman–Crippen MR) is 93.3 cm³/mol. The van der Waals surface area contributed by atoms with E-state index in [0.717, 1.165) is 30.0 Å². The summed E-state index contributed by atoms with van der Waals surface area (Å²) in [6.07, 6.45) is 9.53. The molecule has 0 amide bonds. The monoisotopic (exact) mass is 297 g/mol. The minimum absolute atomic E-state index is 0.787. The summed E-state index contributed by atoms with van der Waals surface area (Å²) < 4.78 is 6.01. The number of aromatic nitrogens is 1. The topological polar surface area (TPSA) is 22.1 Å². The Morgan fingerprint density at radius 1 is 0.909 bits per heavy atom. The Balaban J connectivity index is 1.91. The van der Waals surface area contributed by atoms with Gasteiger partial charge in [-0.25, -0.2) is 0 Å². The van der Waals surface area contributed by atoms with E-state index in [9.17, 15) is 0 Å². The Bertz CT molecular complexity index is 565. The number of hydrogen-bond acceptors (Lipinski definition) is 2. The van der Waals surface area contributed by atoms with E-state index < -0.39 is 0 Å². The highest BCUT2D eigenvalue weighted by atomic mass is 16.5. The minimum Gasteiger partial charge on any atom is -0.493 e. The molecule has 0 N–H and O–H groups in total. The number of rotatable bonds is 9. The maximum Gasteiger partial charge on any atom is 0.128 e. The Morgan fingerprint density at radius 2 is 1.68 bits per heavy atom. The van der Waals surface area contributed by atoms with Crippen LogP contribution in [0.2, 0.25) is 0 Å². The summed E-state index contributed by atoms with van der Waals surface area (Å²) >= 11 is 0. The Morgan fingerprint density at radius 3 is 2.50 bits per heavy atom. The largest absolute Gasteiger partial charge is 0.493 e. The number of ether oxygens (including phenoxy) is 1. The fourth-order valence-corrected chi connectivity index (χ4v) is 2.62. The van der Waals surface area contributed by atoms with E-state index in [1.54, 1.807) is 0 Å². The van der Waals surface area contributed by atoms with E-state index >= 15 is 0 Å². The van der Waals surface area contributed by atoms with Crippen LogP contribution in [-0.2, 0) is 0 Å². The van der Waals surface area contributed by atoms with Crippen molar-refractivity contribution in [3.8, 4) is 17.0 Å². The molecule has 0 radical (unpaired) electrons. The molecule has 0 aliphatic carbocycles. The third kappa shape index (κ3) is 4.87. The summed E-state index contributed by atoms with van der Waals surface area (Å²) in [5.41, 5.74) is 3.28. The number of pyridine rings is 1. The summed E-state index contributed by atoms with van der Waals surface area (Å²) in [7, 11) is 0. The molecule has 0 fully saturated rings. The Labute approximate surface area is 134 Å². The van der Waals surface area contributed by atoms with Crippen molar-refractivity contribution >= 4 is 0 Å². The van der Waals surface area contributed by atoms with Crippen molar-refractivity contribution in [1.29, 1.82) is 0 Å². The SMILES string of the molecule is CCCCCCCCOc1ccccc1-c1ncccc1C. The normalized spacial score (nSPS) is 10.6. The molecule has 0 unspecified atom stereocenters. The van der Waals surface area contributed by atoms with Crippen LogP contribution in [0.1, 0.15) is 51.0 Å².